The molecule has 0 radical (unpaired) electrons. The maximum absolute atomic E-state index is 13.2. The van der Waals surface area contributed by atoms with Gasteiger partial charge in [0, 0.05) is 6.07 Å². The van der Waals surface area contributed by atoms with E-state index in [0.29, 0.717) is 6.07 Å². The quantitative estimate of drug-likeness (QED) is 0.855. The van der Waals surface area contributed by atoms with Crippen LogP contribution in [0.25, 0.3) is 0 Å². The molecule has 0 unspecified atom stereocenters. The normalized spacial score (nSPS) is 10.9. The Hall–Kier alpha value is -1.99. The van der Waals surface area contributed by atoms with E-state index >= 15 is 0 Å². The lowest BCUT2D eigenvalue weighted by atomic mass is 10.3. The number of nitrogens with one attached hydrogen (secondary N) is 1. The molecule has 4 nitrogen and oxygen atoms in total. The fourth-order valence-corrected chi connectivity index (χ4v) is 1.07. The van der Waals surface area contributed by atoms with E-state index in [1.807, 2.05) is 5.32 Å². The van der Waals surface area contributed by atoms with Gasteiger partial charge in [-0.25, -0.2) is 9.18 Å². The SMILES string of the molecule is CCOC(=O)Nc1cc(OC(F)(F)F)ccc1F. The Morgan fingerprint density at radius 3 is 2.61 bits per heavy atom. The largest absolute Gasteiger partial charge is 0.573 e. The molecule has 0 saturated heterocycles. The van der Waals surface area contributed by atoms with Crippen molar-refractivity contribution in [2.45, 2.75) is 13.3 Å². The number of rotatable bonds is 3. The van der Waals surface area contributed by atoms with E-state index in [1.165, 1.54) is 6.92 Å². The molecule has 0 heterocycles. The average molecular weight is 267 g/mol. The van der Waals surface area contributed by atoms with Crippen LogP contribution in [-0.2, 0) is 4.74 Å². The highest BCUT2D eigenvalue weighted by Crippen LogP contribution is 2.27. The molecule has 1 amide bonds. The van der Waals surface area contributed by atoms with Crippen LogP contribution in [0.5, 0.6) is 5.75 Å². The molecule has 1 N–H and O–H groups in total. The minimum Gasteiger partial charge on any atom is -0.450 e. The van der Waals surface area contributed by atoms with Crippen molar-refractivity contribution in [1.29, 1.82) is 0 Å². The van der Waals surface area contributed by atoms with Crippen molar-refractivity contribution in [3.05, 3.63) is 24.0 Å². The Morgan fingerprint density at radius 1 is 1.39 bits per heavy atom. The van der Waals surface area contributed by atoms with Gasteiger partial charge in [0.2, 0.25) is 0 Å². The van der Waals surface area contributed by atoms with Crippen LogP contribution in [0.15, 0.2) is 18.2 Å². The number of hydrogen-bond acceptors (Lipinski definition) is 3. The lowest BCUT2D eigenvalue weighted by Crippen LogP contribution is -2.18. The van der Waals surface area contributed by atoms with Gasteiger partial charge in [-0.05, 0) is 19.1 Å². The zero-order valence-electron chi connectivity index (χ0n) is 9.18. The standard InChI is InChI=1S/C10H9F4NO3/c1-2-17-9(16)15-8-5-6(3-4-7(8)11)18-10(12,13)14/h3-5H,2H2,1H3,(H,15,16). The van der Waals surface area contributed by atoms with Gasteiger partial charge in [-0.2, -0.15) is 0 Å². The predicted octanol–water partition coefficient (Wildman–Crippen LogP) is 3.29. The van der Waals surface area contributed by atoms with Crippen LogP contribution in [0.1, 0.15) is 6.92 Å². The molecule has 1 rings (SSSR count). The molecule has 0 fully saturated rings. The second kappa shape index (κ2) is 5.56. The van der Waals surface area contributed by atoms with Crippen molar-refractivity contribution in [3.63, 3.8) is 0 Å². The van der Waals surface area contributed by atoms with E-state index in [1.54, 1.807) is 0 Å². The monoisotopic (exact) mass is 267 g/mol. The van der Waals surface area contributed by atoms with Gasteiger partial charge in [-0.3, -0.25) is 5.32 Å². The van der Waals surface area contributed by atoms with Crippen LogP contribution < -0.4 is 10.1 Å². The molecular weight excluding hydrogens is 258 g/mol. The molecule has 0 aliphatic rings. The number of hydrogen-bond donors (Lipinski definition) is 1. The number of amides is 1. The van der Waals surface area contributed by atoms with Gasteiger partial charge in [0.15, 0.2) is 0 Å². The zero-order chi connectivity index (χ0) is 13.8. The van der Waals surface area contributed by atoms with Crippen LogP contribution >= 0.6 is 0 Å². The van der Waals surface area contributed by atoms with E-state index < -0.39 is 29.7 Å². The highest BCUT2D eigenvalue weighted by molar-refractivity contribution is 5.85. The topological polar surface area (TPSA) is 47.6 Å². The van der Waals surface area contributed by atoms with Crippen LogP contribution in [0.4, 0.5) is 28.0 Å². The minimum atomic E-state index is -4.89. The molecule has 0 bridgehead atoms. The number of alkyl halides is 3. The van der Waals surface area contributed by atoms with Gasteiger partial charge in [-0.1, -0.05) is 0 Å². The molecule has 100 valence electrons. The maximum Gasteiger partial charge on any atom is 0.573 e. The number of halogens is 4. The summed E-state index contributed by atoms with van der Waals surface area (Å²) in [7, 11) is 0. The van der Waals surface area contributed by atoms with Crippen LogP contribution in [0.3, 0.4) is 0 Å². The molecular formula is C10H9F4NO3. The number of carbonyl (C=O) groups excluding carboxylic acids is 1. The molecule has 18 heavy (non-hydrogen) atoms. The van der Waals surface area contributed by atoms with Crippen molar-refractivity contribution in [1.82, 2.24) is 0 Å². The Kier molecular flexibility index (Phi) is 4.35. The summed E-state index contributed by atoms with van der Waals surface area (Å²) < 4.78 is 57.0. The summed E-state index contributed by atoms with van der Waals surface area (Å²) in [5.41, 5.74) is -0.463. The smallest absolute Gasteiger partial charge is 0.450 e. The summed E-state index contributed by atoms with van der Waals surface area (Å²) in [4.78, 5) is 11.0. The summed E-state index contributed by atoms with van der Waals surface area (Å²) in [5, 5.41) is 1.95. The summed E-state index contributed by atoms with van der Waals surface area (Å²) >= 11 is 0. The molecule has 0 spiro atoms. The Morgan fingerprint density at radius 2 is 2.06 bits per heavy atom. The third kappa shape index (κ3) is 4.48. The van der Waals surface area contributed by atoms with Gasteiger partial charge in [0.1, 0.15) is 11.6 Å². The van der Waals surface area contributed by atoms with Crippen molar-refractivity contribution >= 4 is 11.8 Å². The number of ether oxygens (including phenoxy) is 2. The second-order valence-corrected chi connectivity index (χ2v) is 3.03. The molecule has 0 saturated carbocycles. The van der Waals surface area contributed by atoms with Crippen LogP contribution in [0, 0.1) is 5.82 Å². The van der Waals surface area contributed by atoms with Crippen molar-refractivity contribution in [2.24, 2.45) is 0 Å². The van der Waals surface area contributed by atoms with Gasteiger partial charge in [0.25, 0.3) is 0 Å². The number of benzene rings is 1. The summed E-state index contributed by atoms with van der Waals surface area (Å²) in [5.74, 6) is -1.55. The van der Waals surface area contributed by atoms with E-state index in [-0.39, 0.29) is 6.61 Å². The molecule has 1 aromatic rings. The highest BCUT2D eigenvalue weighted by atomic mass is 19.4. The second-order valence-electron chi connectivity index (χ2n) is 3.03. The van der Waals surface area contributed by atoms with Crippen LogP contribution in [0.2, 0.25) is 0 Å². The predicted molar refractivity (Wildman–Crippen MR) is 53.7 cm³/mol. The zero-order valence-corrected chi connectivity index (χ0v) is 9.18. The van der Waals surface area contributed by atoms with E-state index in [4.69, 9.17) is 0 Å². The summed E-state index contributed by atoms with van der Waals surface area (Å²) in [6.45, 7) is 1.57. The van der Waals surface area contributed by atoms with E-state index in [0.717, 1.165) is 12.1 Å². The first-order valence-corrected chi connectivity index (χ1v) is 4.81. The molecule has 0 aliphatic heterocycles. The summed E-state index contributed by atoms with van der Waals surface area (Å²) in [6.07, 6.45) is -5.86. The number of anilines is 1. The third-order valence-electron chi connectivity index (χ3n) is 1.68. The molecule has 8 heteroatoms. The fourth-order valence-electron chi connectivity index (χ4n) is 1.07. The Labute approximate surface area is 99.5 Å². The maximum atomic E-state index is 13.2. The average Bonchev–Trinajstić information content (AvgIpc) is 2.21. The van der Waals surface area contributed by atoms with Gasteiger partial charge < -0.3 is 9.47 Å². The lowest BCUT2D eigenvalue weighted by Gasteiger charge is -2.11. The van der Waals surface area contributed by atoms with E-state index in [9.17, 15) is 22.4 Å². The number of carbonyl (C=O) groups is 1. The molecule has 0 aliphatic carbocycles. The summed E-state index contributed by atoms with van der Waals surface area (Å²) in [6, 6.07) is 2.24. The minimum absolute atomic E-state index is 0.0478. The van der Waals surface area contributed by atoms with Crippen molar-refractivity contribution in [3.8, 4) is 5.75 Å². The van der Waals surface area contributed by atoms with Crippen molar-refractivity contribution < 1.29 is 31.8 Å². The third-order valence-corrected chi connectivity index (χ3v) is 1.68. The Balaban J connectivity index is 2.84. The first-order chi connectivity index (χ1) is 8.31. The van der Waals surface area contributed by atoms with Gasteiger partial charge >= 0.3 is 12.5 Å². The lowest BCUT2D eigenvalue weighted by molar-refractivity contribution is -0.274. The first-order valence-electron chi connectivity index (χ1n) is 4.81. The van der Waals surface area contributed by atoms with E-state index in [2.05, 4.69) is 9.47 Å². The first kappa shape index (κ1) is 14.1. The molecule has 1 aromatic carbocycles. The van der Waals surface area contributed by atoms with Gasteiger partial charge in [0.05, 0.1) is 12.3 Å². The van der Waals surface area contributed by atoms with Crippen molar-refractivity contribution in [2.75, 3.05) is 11.9 Å². The highest BCUT2D eigenvalue weighted by Gasteiger charge is 2.31. The van der Waals surface area contributed by atoms with Crippen LogP contribution in [-0.4, -0.2) is 19.1 Å². The fraction of sp³-hybridized carbons (Fsp3) is 0.300. The Bertz CT molecular complexity index is 434. The molecule has 0 aromatic heterocycles. The van der Waals surface area contributed by atoms with Gasteiger partial charge in [-0.15, -0.1) is 13.2 Å². The molecule has 0 atom stereocenters.